The number of aromatic amines is 1. The summed E-state index contributed by atoms with van der Waals surface area (Å²) in [7, 11) is 1.66. The fraction of sp³-hybridized carbons (Fsp3) is 0.308. The van der Waals surface area contributed by atoms with Crippen LogP contribution in [-0.2, 0) is 5.54 Å². The third-order valence-electron chi connectivity index (χ3n) is 3.34. The molecule has 3 N–H and O–H groups in total. The number of H-pyrrole nitrogens is 1. The van der Waals surface area contributed by atoms with Crippen LogP contribution in [0.3, 0.4) is 0 Å². The molecule has 0 saturated heterocycles. The van der Waals surface area contributed by atoms with E-state index in [0.717, 1.165) is 35.4 Å². The minimum absolute atomic E-state index is 0.164. The molecule has 0 radical (unpaired) electrons. The van der Waals surface area contributed by atoms with Crippen LogP contribution in [0.4, 0.5) is 0 Å². The van der Waals surface area contributed by atoms with E-state index < -0.39 is 0 Å². The predicted octanol–water partition coefficient (Wildman–Crippen LogP) is 2.03. The van der Waals surface area contributed by atoms with Crippen LogP contribution >= 0.6 is 0 Å². The first-order valence-electron chi connectivity index (χ1n) is 5.70. The molecule has 0 amide bonds. The van der Waals surface area contributed by atoms with Crippen LogP contribution in [0.15, 0.2) is 30.5 Å². The summed E-state index contributed by atoms with van der Waals surface area (Å²) in [5.41, 5.74) is 9.28. The molecule has 2 aromatic rings. The zero-order chi connectivity index (χ0) is 11.9. The Bertz CT molecular complexity index is 526. The van der Waals surface area contributed by atoms with Crippen LogP contribution in [-0.4, -0.2) is 17.3 Å². The average Bonchev–Trinajstić information content (AvgIpc) is 2.94. The molecule has 1 saturated carbocycles. The quantitative estimate of drug-likeness (QED) is 0.846. The van der Waals surface area contributed by atoms with E-state index in [1.165, 1.54) is 0 Å². The Morgan fingerprint density at radius 1 is 1.29 bits per heavy atom. The second-order valence-corrected chi connectivity index (χ2v) is 4.54. The number of rotatable bonds is 3. The molecule has 4 heteroatoms. The number of ether oxygens (including phenoxy) is 1. The van der Waals surface area contributed by atoms with Gasteiger partial charge in [-0.1, -0.05) is 0 Å². The Morgan fingerprint density at radius 2 is 2.00 bits per heavy atom. The summed E-state index contributed by atoms with van der Waals surface area (Å²) >= 11 is 0. The van der Waals surface area contributed by atoms with Crippen molar-refractivity contribution in [3.63, 3.8) is 0 Å². The van der Waals surface area contributed by atoms with Crippen LogP contribution in [0.2, 0.25) is 0 Å². The van der Waals surface area contributed by atoms with E-state index in [0.29, 0.717) is 0 Å². The van der Waals surface area contributed by atoms with Crippen molar-refractivity contribution >= 4 is 0 Å². The van der Waals surface area contributed by atoms with Gasteiger partial charge in [-0.05, 0) is 37.1 Å². The lowest BCUT2D eigenvalue weighted by molar-refractivity contribution is 0.415. The van der Waals surface area contributed by atoms with Crippen molar-refractivity contribution in [1.82, 2.24) is 10.2 Å². The van der Waals surface area contributed by atoms with E-state index in [1.54, 1.807) is 7.11 Å². The number of hydrogen-bond acceptors (Lipinski definition) is 3. The largest absolute Gasteiger partial charge is 0.497 e. The van der Waals surface area contributed by atoms with Gasteiger partial charge in [-0.2, -0.15) is 5.10 Å². The van der Waals surface area contributed by atoms with Gasteiger partial charge in [0.2, 0.25) is 0 Å². The molecule has 1 aromatic carbocycles. The molecule has 0 unspecified atom stereocenters. The summed E-state index contributed by atoms with van der Waals surface area (Å²) < 4.78 is 5.15. The highest BCUT2D eigenvalue weighted by Crippen LogP contribution is 2.45. The third-order valence-corrected chi connectivity index (χ3v) is 3.34. The molecule has 1 heterocycles. The first-order valence-corrected chi connectivity index (χ1v) is 5.70. The summed E-state index contributed by atoms with van der Waals surface area (Å²) in [6.07, 6.45) is 3.91. The number of hydrogen-bond donors (Lipinski definition) is 2. The van der Waals surface area contributed by atoms with Crippen LogP contribution in [0.5, 0.6) is 5.75 Å². The Morgan fingerprint density at radius 3 is 2.59 bits per heavy atom. The SMILES string of the molecule is COc1ccc(-c2[nH]ncc2C2(N)CC2)cc1. The molecule has 4 nitrogen and oxygen atoms in total. The van der Waals surface area contributed by atoms with Gasteiger partial charge in [0.15, 0.2) is 0 Å². The lowest BCUT2D eigenvalue weighted by atomic mass is 10.0. The van der Waals surface area contributed by atoms with Crippen molar-refractivity contribution in [2.75, 3.05) is 7.11 Å². The van der Waals surface area contributed by atoms with Gasteiger partial charge in [-0.3, -0.25) is 5.10 Å². The van der Waals surface area contributed by atoms with Gasteiger partial charge in [-0.25, -0.2) is 0 Å². The van der Waals surface area contributed by atoms with E-state index >= 15 is 0 Å². The van der Waals surface area contributed by atoms with E-state index in [-0.39, 0.29) is 5.54 Å². The summed E-state index contributed by atoms with van der Waals surface area (Å²) in [5, 5.41) is 7.15. The minimum atomic E-state index is -0.164. The van der Waals surface area contributed by atoms with Gasteiger partial charge in [0.1, 0.15) is 5.75 Å². The molecule has 0 aliphatic heterocycles. The van der Waals surface area contributed by atoms with E-state index in [4.69, 9.17) is 10.5 Å². The number of benzene rings is 1. The fourth-order valence-corrected chi connectivity index (χ4v) is 2.05. The maximum Gasteiger partial charge on any atom is 0.118 e. The summed E-state index contributed by atoms with van der Waals surface area (Å²) in [6.45, 7) is 0. The fourth-order valence-electron chi connectivity index (χ4n) is 2.05. The monoisotopic (exact) mass is 229 g/mol. The van der Waals surface area contributed by atoms with Gasteiger partial charge in [0.05, 0.1) is 19.0 Å². The summed E-state index contributed by atoms with van der Waals surface area (Å²) in [5.74, 6) is 0.851. The molecule has 17 heavy (non-hydrogen) atoms. The number of methoxy groups -OCH3 is 1. The molecule has 1 aliphatic carbocycles. The van der Waals surface area contributed by atoms with Crippen molar-refractivity contribution in [2.24, 2.45) is 5.73 Å². The lowest BCUT2D eigenvalue weighted by Gasteiger charge is -2.09. The number of aromatic nitrogens is 2. The number of nitrogens with two attached hydrogens (primary N) is 1. The average molecular weight is 229 g/mol. The molecule has 0 atom stereocenters. The third kappa shape index (κ3) is 1.70. The molecular formula is C13H15N3O. The van der Waals surface area contributed by atoms with Crippen LogP contribution in [0.1, 0.15) is 18.4 Å². The van der Waals surface area contributed by atoms with E-state index in [2.05, 4.69) is 10.2 Å². The van der Waals surface area contributed by atoms with Crippen molar-refractivity contribution in [1.29, 1.82) is 0 Å². The summed E-state index contributed by atoms with van der Waals surface area (Å²) in [4.78, 5) is 0. The van der Waals surface area contributed by atoms with Gasteiger partial charge in [0, 0.05) is 16.7 Å². The van der Waals surface area contributed by atoms with Crippen molar-refractivity contribution in [3.05, 3.63) is 36.0 Å². The maximum absolute atomic E-state index is 6.22. The first kappa shape index (κ1) is 10.4. The highest BCUT2D eigenvalue weighted by atomic mass is 16.5. The molecule has 88 valence electrons. The second-order valence-electron chi connectivity index (χ2n) is 4.54. The van der Waals surface area contributed by atoms with Gasteiger partial charge in [0.25, 0.3) is 0 Å². The lowest BCUT2D eigenvalue weighted by Crippen LogP contribution is -2.18. The van der Waals surface area contributed by atoms with Crippen molar-refractivity contribution < 1.29 is 4.74 Å². The van der Waals surface area contributed by atoms with Crippen LogP contribution in [0.25, 0.3) is 11.3 Å². The molecule has 0 spiro atoms. The van der Waals surface area contributed by atoms with E-state index in [1.807, 2.05) is 30.5 Å². The molecule has 1 aliphatic rings. The highest BCUT2D eigenvalue weighted by molar-refractivity contribution is 5.65. The Hall–Kier alpha value is -1.81. The number of nitrogens with zero attached hydrogens (tertiary/aromatic N) is 1. The van der Waals surface area contributed by atoms with Gasteiger partial charge in [-0.15, -0.1) is 0 Å². The molecular weight excluding hydrogens is 214 g/mol. The number of nitrogens with one attached hydrogen (secondary N) is 1. The van der Waals surface area contributed by atoms with E-state index in [9.17, 15) is 0 Å². The Balaban J connectivity index is 2.00. The van der Waals surface area contributed by atoms with Crippen molar-refractivity contribution in [2.45, 2.75) is 18.4 Å². The van der Waals surface area contributed by atoms with Crippen LogP contribution < -0.4 is 10.5 Å². The predicted molar refractivity (Wildman–Crippen MR) is 65.7 cm³/mol. The summed E-state index contributed by atoms with van der Waals surface area (Å²) in [6, 6.07) is 7.91. The zero-order valence-corrected chi connectivity index (χ0v) is 9.73. The zero-order valence-electron chi connectivity index (χ0n) is 9.73. The standard InChI is InChI=1S/C13H15N3O/c1-17-10-4-2-9(3-5-10)12-11(8-15-16-12)13(14)6-7-13/h2-5,8H,6-7,14H2,1H3,(H,15,16). The van der Waals surface area contributed by atoms with Gasteiger partial charge >= 0.3 is 0 Å². The molecule has 1 fully saturated rings. The Labute approximate surface area is 99.8 Å². The van der Waals surface area contributed by atoms with Gasteiger partial charge < -0.3 is 10.5 Å². The smallest absolute Gasteiger partial charge is 0.118 e. The second kappa shape index (κ2) is 3.60. The van der Waals surface area contributed by atoms with Crippen LogP contribution in [0, 0.1) is 0 Å². The normalized spacial score (nSPS) is 16.8. The molecule has 0 bridgehead atoms. The van der Waals surface area contributed by atoms with Crippen molar-refractivity contribution in [3.8, 4) is 17.0 Å². The first-order chi connectivity index (χ1) is 8.23. The molecule has 1 aromatic heterocycles. The Kier molecular flexibility index (Phi) is 2.19. The topological polar surface area (TPSA) is 63.9 Å². The maximum atomic E-state index is 6.22. The highest BCUT2D eigenvalue weighted by Gasteiger charge is 2.42. The minimum Gasteiger partial charge on any atom is -0.497 e. The molecule has 3 rings (SSSR count).